The summed E-state index contributed by atoms with van der Waals surface area (Å²) in [7, 11) is -8.44. The first-order chi connectivity index (χ1) is 31.5. The Bertz CT molecular complexity index is 1730. The quantitative estimate of drug-likeness (QED) is 0.0253. The monoisotopic (exact) mass is 1090 g/mol. The van der Waals surface area contributed by atoms with E-state index in [2.05, 4.69) is 37.8 Å². The Balaban J connectivity index is 0.00000108. The maximum absolute atomic E-state index is 13.3. The van der Waals surface area contributed by atoms with Crippen LogP contribution < -0.4 is 51.4 Å². The zero-order valence-electron chi connectivity index (χ0n) is 45.8. The average Bonchev–Trinajstić information content (AvgIpc) is 3.22. The Morgan fingerprint density at radius 2 is 1.11 bits per heavy atom. The average molecular weight is 1090 g/mol. The van der Waals surface area contributed by atoms with Gasteiger partial charge >= 0.3 is 81.4 Å². The van der Waals surface area contributed by atoms with Crippen molar-refractivity contribution in [2.75, 3.05) is 45.4 Å². The number of rotatable bonds is 27. The molecule has 4 saturated carbocycles. The summed E-state index contributed by atoms with van der Waals surface area (Å²) in [5, 5.41) is 0. The van der Waals surface area contributed by atoms with E-state index >= 15 is 0 Å². The van der Waals surface area contributed by atoms with Crippen LogP contribution in [0.4, 0.5) is 13.2 Å². The second kappa shape index (κ2) is 29.7. The van der Waals surface area contributed by atoms with E-state index in [1.165, 1.54) is 18.9 Å². The Morgan fingerprint density at radius 3 is 1.56 bits per heavy atom. The van der Waals surface area contributed by atoms with Gasteiger partial charge in [0.2, 0.25) is 6.10 Å². The van der Waals surface area contributed by atoms with Gasteiger partial charge in [-0.1, -0.05) is 40.5 Å². The first-order valence-corrected chi connectivity index (χ1v) is 32.9. The molecule has 4 aliphatic carbocycles. The first-order valence-electron chi connectivity index (χ1n) is 25.1. The maximum atomic E-state index is 13.3. The summed E-state index contributed by atoms with van der Waals surface area (Å²) in [6.45, 7) is 33.5. The third-order valence-corrected chi connectivity index (χ3v) is 22.2. The molecule has 0 radical (unpaired) electrons. The summed E-state index contributed by atoms with van der Waals surface area (Å²) in [6.07, 6.45) is -0.123. The molecular weight excluding hydrogens is 997 g/mol. The van der Waals surface area contributed by atoms with Gasteiger partial charge in [0, 0.05) is 13.0 Å². The van der Waals surface area contributed by atoms with Crippen LogP contribution in [0.25, 0.3) is 0 Å². The first kappa shape index (κ1) is 69.5. The van der Waals surface area contributed by atoms with Crippen molar-refractivity contribution in [2.45, 2.75) is 209 Å². The number of hydrogen-bond acceptors (Lipinski definition) is 14. The fourth-order valence-electron chi connectivity index (χ4n) is 9.00. The van der Waals surface area contributed by atoms with Gasteiger partial charge in [0.1, 0.15) is 12.2 Å². The third kappa shape index (κ3) is 24.5. The van der Waals surface area contributed by atoms with Gasteiger partial charge in [-0.3, -0.25) is 19.2 Å². The number of carbonyl (C=O) groups is 4. The van der Waals surface area contributed by atoms with E-state index in [0.29, 0.717) is 71.7 Å². The smallest absolute Gasteiger partial charge is 0.748 e. The number of alkyl halides is 3. The molecule has 406 valence electrons. The van der Waals surface area contributed by atoms with Gasteiger partial charge in [-0.05, 0) is 156 Å². The van der Waals surface area contributed by atoms with Crippen LogP contribution in [0.3, 0.4) is 0 Å². The molecule has 0 N–H and O–H groups in total. The molecule has 0 heterocycles. The summed E-state index contributed by atoms with van der Waals surface area (Å²) < 4.78 is 110. The van der Waals surface area contributed by atoms with Gasteiger partial charge < -0.3 is 37.1 Å². The zero-order valence-corrected chi connectivity index (χ0v) is 51.8. The number of unbranched alkanes of at least 4 members (excludes halogenated alkanes) is 1. The van der Waals surface area contributed by atoms with Gasteiger partial charge in [-0.2, -0.15) is 13.2 Å². The minimum Gasteiger partial charge on any atom is -0.748 e. The Morgan fingerprint density at radius 1 is 0.671 bits per heavy atom. The van der Waals surface area contributed by atoms with Gasteiger partial charge in [0.25, 0.3) is 0 Å². The van der Waals surface area contributed by atoms with E-state index in [4.69, 9.17) is 27.8 Å². The normalized spacial score (nSPS) is 21.8. The molecule has 4 aliphatic rings. The topological polar surface area (TPSA) is 190 Å². The van der Waals surface area contributed by atoms with Crippen LogP contribution in [0.5, 0.6) is 0 Å². The van der Waals surface area contributed by atoms with Crippen molar-refractivity contribution in [2.24, 2.45) is 33.5 Å². The Labute approximate surface area is 464 Å². The molecule has 0 spiro atoms. The van der Waals surface area contributed by atoms with Crippen molar-refractivity contribution in [3.8, 4) is 0 Å². The SMILES string of the molecule is CCC(C)(C)C(=O)OC12CC3CC(C1)CC(C(=O)OC(CS(=O)(=O)[O-])C(F)(F)F)(C3)C2.CCCC[Si](C)(C)O[Si](C)(C)CCCOC(=O)C(C)(C)CC.CCOCCOCCOC(=O)C(C)(C)CC.[K+]. The van der Waals surface area contributed by atoms with Crippen molar-refractivity contribution >= 4 is 50.6 Å². The molecule has 4 bridgehead atoms. The molecule has 0 saturated heterocycles. The van der Waals surface area contributed by atoms with E-state index in [9.17, 15) is 45.3 Å². The number of halogens is 3. The van der Waals surface area contributed by atoms with Crippen molar-refractivity contribution < 1.29 is 129 Å². The van der Waals surface area contributed by atoms with Crippen LogP contribution in [0.2, 0.25) is 38.3 Å². The van der Waals surface area contributed by atoms with Crippen LogP contribution >= 0.6 is 0 Å². The fraction of sp³-hybridized carbons (Fsp3) is 0.918. The van der Waals surface area contributed by atoms with Gasteiger partial charge in [0.05, 0.1) is 64.0 Å². The molecule has 14 nitrogen and oxygen atoms in total. The summed E-state index contributed by atoms with van der Waals surface area (Å²) in [5.41, 5.74) is -3.72. The number of carbonyl (C=O) groups excluding carboxylic acids is 4. The van der Waals surface area contributed by atoms with E-state index in [0.717, 1.165) is 31.7 Å². The van der Waals surface area contributed by atoms with Crippen LogP contribution in [-0.2, 0) is 61.8 Å². The minimum atomic E-state index is -5.27. The van der Waals surface area contributed by atoms with Gasteiger partial charge in [-0.15, -0.1) is 0 Å². The molecule has 0 aliphatic heterocycles. The zero-order chi connectivity index (χ0) is 53.3. The predicted octanol–water partition coefficient (Wildman–Crippen LogP) is 7.93. The molecule has 4 rings (SSSR count). The van der Waals surface area contributed by atoms with Crippen LogP contribution in [0.15, 0.2) is 0 Å². The molecule has 0 amide bonds. The van der Waals surface area contributed by atoms with Crippen LogP contribution in [0, 0.1) is 33.5 Å². The van der Waals surface area contributed by atoms with E-state index in [-0.39, 0.29) is 87.0 Å². The second-order valence-corrected chi connectivity index (χ2v) is 32.9. The van der Waals surface area contributed by atoms with Gasteiger partial charge in [0.15, 0.2) is 16.6 Å². The van der Waals surface area contributed by atoms with Gasteiger partial charge in [-0.25, -0.2) is 8.42 Å². The van der Waals surface area contributed by atoms with Crippen molar-refractivity contribution in [1.82, 2.24) is 0 Å². The van der Waals surface area contributed by atoms with Crippen LogP contribution in [0.1, 0.15) is 153 Å². The summed E-state index contributed by atoms with van der Waals surface area (Å²) >= 11 is 0. The fourth-order valence-corrected chi connectivity index (χ4v) is 18.6. The summed E-state index contributed by atoms with van der Waals surface area (Å²) in [5.74, 6) is -3.68. The molecular formula is C49H90F3KO14SSi2. The molecule has 3 atom stereocenters. The maximum Gasteiger partial charge on any atom is 1.00 e. The molecule has 3 unspecified atom stereocenters. The predicted molar refractivity (Wildman–Crippen MR) is 263 cm³/mol. The van der Waals surface area contributed by atoms with E-state index < -0.39 is 78.6 Å². The van der Waals surface area contributed by atoms with Crippen LogP contribution in [-0.4, -0.2) is 117 Å². The molecule has 0 aromatic heterocycles. The Kier molecular flexibility index (Phi) is 29.5. The second-order valence-electron chi connectivity index (χ2n) is 22.6. The summed E-state index contributed by atoms with van der Waals surface area (Å²) in [6, 6.07) is 2.31. The molecule has 70 heavy (non-hydrogen) atoms. The number of esters is 4. The largest absolute Gasteiger partial charge is 1.00 e. The molecule has 0 aromatic rings. The molecule has 21 heteroatoms. The molecule has 0 aromatic carbocycles. The van der Waals surface area contributed by atoms with Crippen molar-refractivity contribution in [3.63, 3.8) is 0 Å². The number of hydrogen-bond donors (Lipinski definition) is 0. The van der Waals surface area contributed by atoms with E-state index in [1.807, 2.05) is 55.4 Å². The third-order valence-electron chi connectivity index (χ3n) is 13.9. The summed E-state index contributed by atoms with van der Waals surface area (Å²) in [4.78, 5) is 49.2. The van der Waals surface area contributed by atoms with Crippen molar-refractivity contribution in [1.29, 1.82) is 0 Å². The standard InChI is InChI=1S/C20H29F3O7S.C17H38O3Si2.C12H24O4.K/c1-4-17(2,3)15(24)30-19-8-12-5-13(9-19)7-18(6-12,11-19)16(25)29-14(20(21,22)23)10-31(26,27)28;1-9-11-14-21(5,6)20-22(7,8)15-12-13-19-16(18)17(3,4)10-2;1-5-12(3,4)11(13)16-10-9-15-8-7-14-6-2;/h12-14H,4-11H2,1-3H3,(H,26,27,28);9-15H2,1-8H3;5-10H2,1-4H3;/q;;;+1/p-1. The van der Waals surface area contributed by atoms with Crippen molar-refractivity contribution in [3.05, 3.63) is 0 Å². The molecule has 4 fully saturated rings. The minimum absolute atomic E-state index is 0. The number of ether oxygens (including phenoxy) is 6. The Hall–Kier alpha value is -0.470. The van der Waals surface area contributed by atoms with E-state index in [1.54, 1.807) is 13.8 Å².